The van der Waals surface area contributed by atoms with E-state index in [-0.39, 0.29) is 0 Å². The molecule has 88 valence electrons. The van der Waals surface area contributed by atoms with E-state index in [0.717, 1.165) is 0 Å². The summed E-state index contributed by atoms with van der Waals surface area (Å²) in [4.78, 5) is 3.11. The summed E-state index contributed by atoms with van der Waals surface area (Å²) in [5, 5.41) is 3.39. The van der Waals surface area contributed by atoms with Crippen LogP contribution in [0, 0.1) is 0 Å². The number of likely N-dealkylation sites (N-methyl/N-ethyl adjacent to an activating group) is 1. The van der Waals surface area contributed by atoms with E-state index in [4.69, 9.17) is 0 Å². The van der Waals surface area contributed by atoms with E-state index in [2.05, 4.69) is 31.3 Å². The van der Waals surface area contributed by atoms with Gasteiger partial charge in [0.05, 0.1) is 6.04 Å². The fourth-order valence-corrected chi connectivity index (χ4v) is 3.65. The molecular weight excluding hydrogens is 214 g/mol. The van der Waals surface area contributed by atoms with Crippen molar-refractivity contribution >= 4 is 11.3 Å². The monoisotopic (exact) mass is 235 g/mol. The fourth-order valence-electron chi connectivity index (χ4n) is 2.31. The summed E-state index contributed by atoms with van der Waals surface area (Å²) >= 11 is 2.00. The highest BCUT2D eigenvalue weighted by atomic mass is 32.1. The zero-order valence-electron chi connectivity index (χ0n) is 10.5. The summed E-state index contributed by atoms with van der Waals surface area (Å²) in [6, 6.07) is 2.82. The lowest BCUT2D eigenvalue weighted by atomic mass is 9.98. The van der Waals surface area contributed by atoms with E-state index in [0.29, 0.717) is 6.04 Å². The third-order valence-electron chi connectivity index (χ3n) is 3.13. The van der Waals surface area contributed by atoms with E-state index < -0.39 is 0 Å². The molecule has 0 aromatic carbocycles. The number of fused-ring (bicyclic) bond motifs is 1. The summed E-state index contributed by atoms with van der Waals surface area (Å²) in [6.07, 6.45) is 7.65. The molecule has 1 atom stereocenters. The van der Waals surface area contributed by atoms with Gasteiger partial charge in [-0.25, -0.2) is 0 Å². The molecule has 1 aromatic heterocycles. The molecule has 16 heavy (non-hydrogen) atoms. The number of aryl methyl sites for hydroxylation is 2. The predicted molar refractivity (Wildman–Crippen MR) is 72.2 cm³/mol. The minimum absolute atomic E-state index is 0.403. The summed E-state index contributed by atoms with van der Waals surface area (Å²) < 4.78 is 0. The Morgan fingerprint density at radius 3 is 2.75 bits per heavy atom. The topological polar surface area (TPSA) is 12.0 Å². The minimum Gasteiger partial charge on any atom is -0.309 e. The Hall–Kier alpha value is -0.600. The third kappa shape index (κ3) is 2.55. The summed E-state index contributed by atoms with van der Waals surface area (Å²) in [5.74, 6) is 0. The molecule has 2 rings (SSSR count). The van der Waals surface area contributed by atoms with Crippen molar-refractivity contribution in [3.8, 4) is 0 Å². The molecule has 0 bridgehead atoms. The van der Waals surface area contributed by atoms with Gasteiger partial charge in [0.15, 0.2) is 0 Å². The van der Waals surface area contributed by atoms with Gasteiger partial charge in [-0.1, -0.05) is 11.6 Å². The van der Waals surface area contributed by atoms with Crippen molar-refractivity contribution in [2.24, 2.45) is 0 Å². The molecule has 1 aliphatic rings. The van der Waals surface area contributed by atoms with Gasteiger partial charge in [-0.3, -0.25) is 0 Å². The molecule has 0 aliphatic heterocycles. The molecule has 1 heterocycles. The Kier molecular flexibility index (Phi) is 3.82. The lowest BCUT2D eigenvalue weighted by Crippen LogP contribution is -2.12. The van der Waals surface area contributed by atoms with Gasteiger partial charge >= 0.3 is 0 Å². The second kappa shape index (κ2) is 5.15. The van der Waals surface area contributed by atoms with Crippen LogP contribution in [0.25, 0.3) is 0 Å². The highest BCUT2D eigenvalue weighted by molar-refractivity contribution is 7.12. The van der Waals surface area contributed by atoms with Crippen molar-refractivity contribution in [2.45, 2.75) is 45.6 Å². The number of allylic oxidation sites excluding steroid dienone is 1. The summed E-state index contributed by atoms with van der Waals surface area (Å²) in [6.45, 7) is 4.33. The first-order valence-electron chi connectivity index (χ1n) is 6.14. The standard InChI is InChI=1S/C14H21NS/c1-10(2)8-12(15-3)14-9-11-6-4-5-7-13(11)16-14/h8-9,12,15H,4-7H2,1-3H3. The van der Waals surface area contributed by atoms with Crippen LogP contribution in [0.5, 0.6) is 0 Å². The number of hydrogen-bond acceptors (Lipinski definition) is 2. The first-order valence-corrected chi connectivity index (χ1v) is 6.96. The zero-order chi connectivity index (χ0) is 11.5. The zero-order valence-corrected chi connectivity index (χ0v) is 11.3. The summed E-state index contributed by atoms with van der Waals surface area (Å²) in [7, 11) is 2.04. The summed E-state index contributed by atoms with van der Waals surface area (Å²) in [5.41, 5.74) is 2.99. The quantitative estimate of drug-likeness (QED) is 0.785. The Morgan fingerprint density at radius 2 is 2.12 bits per heavy atom. The molecule has 1 unspecified atom stereocenters. The smallest absolute Gasteiger partial charge is 0.0600 e. The molecular formula is C14H21NS. The molecule has 1 N–H and O–H groups in total. The van der Waals surface area contributed by atoms with Crippen LogP contribution in [0.3, 0.4) is 0 Å². The van der Waals surface area contributed by atoms with E-state index in [9.17, 15) is 0 Å². The molecule has 0 saturated heterocycles. The largest absolute Gasteiger partial charge is 0.309 e. The minimum atomic E-state index is 0.403. The van der Waals surface area contributed by atoms with Crippen LogP contribution in [0.15, 0.2) is 17.7 Å². The van der Waals surface area contributed by atoms with Crippen LogP contribution >= 0.6 is 11.3 Å². The fraction of sp³-hybridized carbons (Fsp3) is 0.571. The van der Waals surface area contributed by atoms with E-state index >= 15 is 0 Å². The van der Waals surface area contributed by atoms with Crippen molar-refractivity contribution in [3.05, 3.63) is 33.0 Å². The molecule has 0 radical (unpaired) electrons. The number of thiophene rings is 1. The van der Waals surface area contributed by atoms with Gasteiger partial charge in [-0.15, -0.1) is 11.3 Å². The lowest BCUT2D eigenvalue weighted by Gasteiger charge is -2.09. The molecule has 1 aromatic rings. The van der Waals surface area contributed by atoms with Crippen LogP contribution in [-0.4, -0.2) is 7.05 Å². The Labute approximate surface area is 103 Å². The molecule has 0 fully saturated rings. The van der Waals surface area contributed by atoms with Crippen LogP contribution < -0.4 is 5.32 Å². The number of nitrogens with one attached hydrogen (secondary N) is 1. The van der Waals surface area contributed by atoms with Crippen molar-refractivity contribution in [1.29, 1.82) is 0 Å². The average Bonchev–Trinajstić information content (AvgIpc) is 2.68. The maximum absolute atomic E-state index is 3.39. The van der Waals surface area contributed by atoms with Crippen molar-refractivity contribution in [2.75, 3.05) is 7.05 Å². The number of hydrogen-bond donors (Lipinski definition) is 1. The molecule has 1 aliphatic carbocycles. The second-order valence-corrected chi connectivity index (χ2v) is 5.98. The average molecular weight is 235 g/mol. The SMILES string of the molecule is CNC(C=C(C)C)c1cc2c(s1)CCCC2. The second-order valence-electron chi connectivity index (χ2n) is 4.81. The van der Waals surface area contributed by atoms with Crippen LogP contribution in [-0.2, 0) is 12.8 Å². The van der Waals surface area contributed by atoms with Gasteiger partial charge in [0.25, 0.3) is 0 Å². The van der Waals surface area contributed by atoms with Crippen molar-refractivity contribution < 1.29 is 0 Å². The molecule has 1 nitrogen and oxygen atoms in total. The predicted octanol–water partition coefficient (Wildman–Crippen LogP) is 3.85. The number of rotatable bonds is 3. The maximum Gasteiger partial charge on any atom is 0.0600 e. The van der Waals surface area contributed by atoms with Crippen LogP contribution in [0.4, 0.5) is 0 Å². The highest BCUT2D eigenvalue weighted by Gasteiger charge is 2.16. The van der Waals surface area contributed by atoms with Gasteiger partial charge in [0, 0.05) is 9.75 Å². The Morgan fingerprint density at radius 1 is 1.38 bits per heavy atom. The first kappa shape index (κ1) is 11.9. The molecule has 0 spiro atoms. The maximum atomic E-state index is 3.39. The first-order chi connectivity index (χ1) is 7.70. The normalized spacial score (nSPS) is 16.7. The van der Waals surface area contributed by atoms with Gasteiger partial charge in [-0.2, -0.15) is 0 Å². The van der Waals surface area contributed by atoms with Crippen molar-refractivity contribution in [3.63, 3.8) is 0 Å². The van der Waals surface area contributed by atoms with E-state index in [1.165, 1.54) is 36.1 Å². The lowest BCUT2D eigenvalue weighted by molar-refractivity contribution is 0.694. The molecule has 0 saturated carbocycles. The molecule has 2 heteroatoms. The highest BCUT2D eigenvalue weighted by Crippen LogP contribution is 2.33. The van der Waals surface area contributed by atoms with Gasteiger partial charge in [0.2, 0.25) is 0 Å². The van der Waals surface area contributed by atoms with E-state index in [1.54, 1.807) is 10.4 Å². The van der Waals surface area contributed by atoms with Crippen molar-refractivity contribution in [1.82, 2.24) is 5.32 Å². The van der Waals surface area contributed by atoms with Crippen LogP contribution in [0.2, 0.25) is 0 Å². The van der Waals surface area contributed by atoms with Gasteiger partial charge in [0.1, 0.15) is 0 Å². The van der Waals surface area contributed by atoms with E-state index in [1.807, 2.05) is 18.4 Å². The van der Waals surface area contributed by atoms with Gasteiger partial charge in [-0.05, 0) is 58.2 Å². The third-order valence-corrected chi connectivity index (χ3v) is 4.45. The van der Waals surface area contributed by atoms with Gasteiger partial charge < -0.3 is 5.32 Å². The Balaban J connectivity index is 2.25. The Bertz CT molecular complexity index is 362. The van der Waals surface area contributed by atoms with Crippen LogP contribution in [0.1, 0.15) is 48.0 Å². The molecule has 0 amide bonds.